The van der Waals surface area contributed by atoms with Crippen LogP contribution in [0.15, 0.2) is 36.5 Å². The number of nitrogens with zero attached hydrogens (tertiary/aromatic N) is 2. The first-order valence-electron chi connectivity index (χ1n) is 10.2. The van der Waals surface area contributed by atoms with Crippen LogP contribution < -0.4 is 5.32 Å². The van der Waals surface area contributed by atoms with Gasteiger partial charge in [0, 0.05) is 22.3 Å². The van der Waals surface area contributed by atoms with Gasteiger partial charge in [-0.1, -0.05) is 17.7 Å². The Morgan fingerprint density at radius 1 is 1.21 bits per heavy atom. The topological polar surface area (TPSA) is 37.3 Å². The molecule has 0 spiro atoms. The van der Waals surface area contributed by atoms with Gasteiger partial charge in [0.05, 0.1) is 23.3 Å². The van der Waals surface area contributed by atoms with Crippen molar-refractivity contribution in [3.05, 3.63) is 68.8 Å². The van der Waals surface area contributed by atoms with Gasteiger partial charge in [0.25, 0.3) is 0 Å². The van der Waals surface area contributed by atoms with Crippen LogP contribution in [0.5, 0.6) is 0 Å². The Bertz CT molecular complexity index is 1100. The van der Waals surface area contributed by atoms with Crippen LogP contribution in [0, 0.1) is 6.92 Å². The molecule has 0 saturated heterocycles. The van der Waals surface area contributed by atoms with Crippen molar-refractivity contribution in [3.8, 4) is 5.00 Å². The van der Waals surface area contributed by atoms with E-state index in [1.807, 2.05) is 41.4 Å². The molecule has 0 fully saturated rings. The molecule has 150 valence electrons. The van der Waals surface area contributed by atoms with Gasteiger partial charge in [0.2, 0.25) is 0 Å². The van der Waals surface area contributed by atoms with Gasteiger partial charge in [-0.05, 0) is 74.9 Å². The van der Waals surface area contributed by atoms with Crippen LogP contribution in [0.2, 0.25) is 5.02 Å². The predicted octanol–water partition coefficient (Wildman–Crippen LogP) is 6.49. The number of benzene rings is 1. The lowest BCUT2D eigenvalue weighted by Gasteiger charge is -2.28. The van der Waals surface area contributed by atoms with Gasteiger partial charge < -0.3 is 14.8 Å². The van der Waals surface area contributed by atoms with Gasteiger partial charge in [-0.25, -0.2) is 4.79 Å². The predicted molar refractivity (Wildman–Crippen MR) is 119 cm³/mol. The van der Waals surface area contributed by atoms with Gasteiger partial charge in [-0.3, -0.25) is 0 Å². The highest BCUT2D eigenvalue weighted by molar-refractivity contribution is 7.15. The van der Waals surface area contributed by atoms with E-state index in [0.29, 0.717) is 17.3 Å². The number of fused-ring (bicyclic) bond motifs is 5. The van der Waals surface area contributed by atoms with Crippen molar-refractivity contribution in [2.75, 3.05) is 5.32 Å². The molecule has 29 heavy (non-hydrogen) atoms. The van der Waals surface area contributed by atoms with Crippen LogP contribution in [0.25, 0.3) is 5.00 Å². The van der Waals surface area contributed by atoms with E-state index in [0.717, 1.165) is 24.1 Å². The van der Waals surface area contributed by atoms with Gasteiger partial charge >= 0.3 is 6.03 Å². The fourth-order valence-corrected chi connectivity index (χ4v) is 6.20. The molecule has 3 heterocycles. The molecule has 1 aliphatic carbocycles. The van der Waals surface area contributed by atoms with Crippen molar-refractivity contribution >= 4 is 34.7 Å². The molecular weight excluding hydrogens is 402 g/mol. The second kappa shape index (κ2) is 7.22. The van der Waals surface area contributed by atoms with Crippen LogP contribution in [0.4, 0.5) is 10.5 Å². The van der Waals surface area contributed by atoms with Crippen molar-refractivity contribution in [1.82, 2.24) is 9.47 Å². The summed E-state index contributed by atoms with van der Waals surface area (Å²) in [6, 6.07) is 9.77. The van der Waals surface area contributed by atoms with E-state index in [1.165, 1.54) is 33.8 Å². The minimum atomic E-state index is -0.111. The number of aryl methyl sites for hydroxylation is 2. The molecule has 1 atom stereocenters. The Morgan fingerprint density at radius 2 is 2.03 bits per heavy atom. The molecule has 3 aromatic rings. The normalized spacial score (nSPS) is 17.9. The maximum Gasteiger partial charge on any atom is 0.322 e. The first-order valence-corrected chi connectivity index (χ1v) is 11.4. The summed E-state index contributed by atoms with van der Waals surface area (Å²) in [6.45, 7) is 4.72. The van der Waals surface area contributed by atoms with Gasteiger partial charge in [-0.2, -0.15) is 0 Å². The summed E-state index contributed by atoms with van der Waals surface area (Å²) in [6.07, 6.45) is 6.90. The zero-order valence-electron chi connectivity index (χ0n) is 16.7. The number of hydrogen-bond donors (Lipinski definition) is 1. The summed E-state index contributed by atoms with van der Waals surface area (Å²) in [5.41, 5.74) is 5.66. The van der Waals surface area contributed by atoms with Crippen molar-refractivity contribution in [1.29, 1.82) is 0 Å². The fraction of sp³-hybridized carbons (Fsp3) is 0.348. The number of carbonyl (C=O) groups is 1. The summed E-state index contributed by atoms with van der Waals surface area (Å²) < 4.78 is 2.29. The van der Waals surface area contributed by atoms with E-state index >= 15 is 0 Å². The minimum absolute atomic E-state index is 0.0342. The molecule has 1 unspecified atom stereocenters. The quantitative estimate of drug-likeness (QED) is 0.475. The zero-order valence-corrected chi connectivity index (χ0v) is 18.2. The molecular formula is C23H24ClN3OS. The van der Waals surface area contributed by atoms with E-state index in [4.69, 9.17) is 11.6 Å². The maximum absolute atomic E-state index is 13.3. The molecule has 6 heteroatoms. The van der Waals surface area contributed by atoms with E-state index in [2.05, 4.69) is 35.1 Å². The molecule has 0 radical (unpaired) electrons. The lowest BCUT2D eigenvalue weighted by atomic mass is 9.95. The number of carbonyl (C=O) groups excluding carboxylic acids is 1. The third-order valence-electron chi connectivity index (χ3n) is 6.11. The molecule has 4 nitrogen and oxygen atoms in total. The third kappa shape index (κ3) is 3.17. The number of urea groups is 1. The van der Waals surface area contributed by atoms with Crippen molar-refractivity contribution in [3.63, 3.8) is 0 Å². The summed E-state index contributed by atoms with van der Waals surface area (Å²) in [4.78, 5) is 16.8. The van der Waals surface area contributed by atoms with Crippen LogP contribution in [-0.4, -0.2) is 15.5 Å². The van der Waals surface area contributed by atoms with E-state index < -0.39 is 0 Å². The molecule has 1 N–H and O–H groups in total. The van der Waals surface area contributed by atoms with E-state index in [9.17, 15) is 4.79 Å². The van der Waals surface area contributed by atoms with Crippen LogP contribution in [0.3, 0.4) is 0 Å². The number of nitrogens with one attached hydrogen (secondary N) is 1. The molecule has 0 bridgehead atoms. The van der Waals surface area contributed by atoms with Gasteiger partial charge in [0.1, 0.15) is 5.00 Å². The number of thiophene rings is 1. The highest BCUT2D eigenvalue weighted by Crippen LogP contribution is 2.42. The number of aromatic nitrogens is 1. The number of halogens is 1. The number of hydrogen-bond acceptors (Lipinski definition) is 2. The van der Waals surface area contributed by atoms with E-state index in [1.54, 1.807) is 0 Å². The SMILES string of the molecule is Cc1ccc(NC(=O)N2Cc3c(sc4c3CCCC4)-n3cccc3C2C)c(Cl)c1. The Labute approximate surface area is 180 Å². The summed E-state index contributed by atoms with van der Waals surface area (Å²) in [5.74, 6) is 0. The number of amides is 2. The van der Waals surface area contributed by atoms with Gasteiger partial charge in [-0.15, -0.1) is 11.3 Å². The molecule has 0 saturated carbocycles. The molecule has 2 aliphatic rings. The monoisotopic (exact) mass is 425 g/mol. The smallest absolute Gasteiger partial charge is 0.312 e. The average Bonchev–Trinajstić information content (AvgIpc) is 3.30. The Hall–Kier alpha value is -2.24. The standard InChI is InChI=1S/C23H24ClN3OS/c1-14-9-10-19(18(24)12-14)25-23(28)27-13-17-16-6-3-4-8-21(16)29-22(17)26-11-5-7-20(26)15(27)2/h5,7,9-12,15H,3-4,6,8,13H2,1-2H3,(H,25,28). The zero-order chi connectivity index (χ0) is 20.1. The lowest BCUT2D eigenvalue weighted by Crippen LogP contribution is -2.36. The number of anilines is 1. The first-order chi connectivity index (χ1) is 14.0. The maximum atomic E-state index is 13.3. The Balaban J connectivity index is 1.54. The van der Waals surface area contributed by atoms with E-state index in [-0.39, 0.29) is 12.1 Å². The second-order valence-corrected chi connectivity index (χ2v) is 9.51. The van der Waals surface area contributed by atoms with Crippen molar-refractivity contribution < 1.29 is 4.79 Å². The van der Waals surface area contributed by atoms with Crippen molar-refractivity contribution in [2.45, 2.75) is 52.1 Å². The molecule has 5 rings (SSSR count). The fourth-order valence-electron chi connectivity index (χ4n) is 4.52. The highest BCUT2D eigenvalue weighted by Gasteiger charge is 2.33. The molecule has 1 aliphatic heterocycles. The number of rotatable bonds is 1. The van der Waals surface area contributed by atoms with Crippen molar-refractivity contribution in [2.24, 2.45) is 0 Å². The first kappa shape index (κ1) is 18.8. The Morgan fingerprint density at radius 3 is 2.86 bits per heavy atom. The second-order valence-electron chi connectivity index (χ2n) is 8.01. The minimum Gasteiger partial charge on any atom is -0.312 e. The summed E-state index contributed by atoms with van der Waals surface area (Å²) >= 11 is 8.27. The van der Waals surface area contributed by atoms with Crippen LogP contribution in [0.1, 0.15) is 53.1 Å². The lowest BCUT2D eigenvalue weighted by molar-refractivity contribution is 0.189. The molecule has 2 amide bonds. The molecule has 2 aromatic heterocycles. The van der Waals surface area contributed by atoms with Crippen LogP contribution >= 0.6 is 22.9 Å². The van der Waals surface area contributed by atoms with Gasteiger partial charge in [0.15, 0.2) is 0 Å². The largest absolute Gasteiger partial charge is 0.322 e. The summed E-state index contributed by atoms with van der Waals surface area (Å²) in [7, 11) is 0. The average molecular weight is 426 g/mol. The summed E-state index contributed by atoms with van der Waals surface area (Å²) in [5, 5.41) is 4.89. The Kier molecular flexibility index (Phi) is 4.67. The highest BCUT2D eigenvalue weighted by atomic mass is 35.5. The van der Waals surface area contributed by atoms with Crippen LogP contribution in [-0.2, 0) is 19.4 Å². The third-order valence-corrected chi connectivity index (χ3v) is 7.76. The molecule has 1 aromatic carbocycles.